The number of aromatic nitrogens is 2. The molecule has 106 valence electrons. The Balaban J connectivity index is 2.29. The molecule has 0 atom stereocenters. The molecule has 0 aliphatic heterocycles. The lowest BCUT2D eigenvalue weighted by Gasteiger charge is -2.07. The molecule has 3 rings (SSSR count). The highest BCUT2D eigenvalue weighted by Gasteiger charge is 2.15. The predicted octanol–water partition coefficient (Wildman–Crippen LogP) is 5.13. The van der Waals surface area contributed by atoms with Gasteiger partial charge in [-0.1, -0.05) is 17.7 Å². The van der Waals surface area contributed by atoms with E-state index in [0.29, 0.717) is 15.4 Å². The molecular weight excluding hydrogens is 369 g/mol. The molecular formula is C14H5BrClF3N2. The normalized spacial score (nSPS) is 11.1. The minimum atomic E-state index is -1.54. The minimum absolute atomic E-state index is 0.00551. The summed E-state index contributed by atoms with van der Waals surface area (Å²) in [6, 6.07) is 6.89. The number of rotatable bonds is 1. The van der Waals surface area contributed by atoms with Crippen molar-refractivity contribution in [2.75, 3.05) is 0 Å². The monoisotopic (exact) mass is 372 g/mol. The van der Waals surface area contributed by atoms with Crippen LogP contribution in [0.1, 0.15) is 0 Å². The molecule has 21 heavy (non-hydrogen) atoms. The van der Waals surface area contributed by atoms with Gasteiger partial charge in [-0.15, -0.1) is 0 Å². The number of para-hydroxylation sites is 1. The maximum absolute atomic E-state index is 13.3. The number of hydrogen-bond donors (Lipinski definition) is 0. The molecule has 1 aromatic heterocycles. The van der Waals surface area contributed by atoms with Crippen molar-refractivity contribution >= 4 is 38.4 Å². The Morgan fingerprint density at radius 1 is 1.00 bits per heavy atom. The Morgan fingerprint density at radius 3 is 2.33 bits per heavy atom. The zero-order valence-corrected chi connectivity index (χ0v) is 12.5. The van der Waals surface area contributed by atoms with Gasteiger partial charge in [-0.05, 0) is 40.2 Å². The average molecular weight is 374 g/mol. The van der Waals surface area contributed by atoms with Crippen LogP contribution in [0.2, 0.25) is 5.15 Å². The van der Waals surface area contributed by atoms with Gasteiger partial charge in [0.15, 0.2) is 23.3 Å². The summed E-state index contributed by atoms with van der Waals surface area (Å²) in [6.07, 6.45) is 0. The molecule has 2 aromatic carbocycles. The molecule has 0 amide bonds. The second-order valence-electron chi connectivity index (χ2n) is 4.23. The van der Waals surface area contributed by atoms with E-state index in [4.69, 9.17) is 11.6 Å². The van der Waals surface area contributed by atoms with Gasteiger partial charge >= 0.3 is 0 Å². The van der Waals surface area contributed by atoms with Crippen molar-refractivity contribution in [2.24, 2.45) is 0 Å². The lowest BCUT2D eigenvalue weighted by atomic mass is 10.1. The van der Waals surface area contributed by atoms with Crippen LogP contribution >= 0.6 is 27.5 Å². The first-order valence-corrected chi connectivity index (χ1v) is 6.91. The van der Waals surface area contributed by atoms with Crippen LogP contribution in [0.5, 0.6) is 0 Å². The maximum Gasteiger partial charge on any atom is 0.194 e. The van der Waals surface area contributed by atoms with Crippen LogP contribution in [-0.2, 0) is 0 Å². The van der Waals surface area contributed by atoms with E-state index in [1.807, 2.05) is 0 Å². The molecule has 0 bridgehead atoms. The molecule has 0 radical (unpaired) electrons. The van der Waals surface area contributed by atoms with Crippen molar-refractivity contribution in [1.82, 2.24) is 9.97 Å². The Bertz CT molecular complexity index is 847. The van der Waals surface area contributed by atoms with Crippen molar-refractivity contribution in [2.45, 2.75) is 0 Å². The summed E-state index contributed by atoms with van der Waals surface area (Å²) in [6.45, 7) is 0. The van der Waals surface area contributed by atoms with E-state index in [-0.39, 0.29) is 16.5 Å². The first-order valence-electron chi connectivity index (χ1n) is 5.74. The number of nitrogens with zero attached hydrogens (tertiary/aromatic N) is 2. The van der Waals surface area contributed by atoms with E-state index in [1.165, 1.54) is 0 Å². The second-order valence-corrected chi connectivity index (χ2v) is 5.44. The van der Waals surface area contributed by atoms with E-state index in [9.17, 15) is 13.2 Å². The van der Waals surface area contributed by atoms with Gasteiger partial charge < -0.3 is 0 Å². The van der Waals surface area contributed by atoms with Gasteiger partial charge in [-0.2, -0.15) is 0 Å². The number of hydrogen-bond acceptors (Lipinski definition) is 2. The van der Waals surface area contributed by atoms with E-state index in [0.717, 1.165) is 12.1 Å². The molecule has 0 aliphatic carbocycles. The third-order valence-corrected chi connectivity index (χ3v) is 3.80. The van der Waals surface area contributed by atoms with Crippen molar-refractivity contribution in [3.8, 4) is 11.4 Å². The van der Waals surface area contributed by atoms with Crippen LogP contribution in [0.3, 0.4) is 0 Å². The summed E-state index contributed by atoms with van der Waals surface area (Å²) < 4.78 is 40.3. The molecule has 1 heterocycles. The number of fused-ring (bicyclic) bond motifs is 1. The van der Waals surface area contributed by atoms with Gasteiger partial charge in [0.25, 0.3) is 0 Å². The van der Waals surface area contributed by atoms with Gasteiger partial charge in [-0.25, -0.2) is 23.1 Å². The fourth-order valence-corrected chi connectivity index (χ4v) is 2.58. The van der Waals surface area contributed by atoms with Gasteiger partial charge in [0.1, 0.15) is 5.15 Å². The van der Waals surface area contributed by atoms with Crippen LogP contribution in [0.25, 0.3) is 22.3 Å². The Kier molecular flexibility index (Phi) is 3.59. The molecule has 3 aromatic rings. The third-order valence-electron chi connectivity index (χ3n) is 2.87. The summed E-state index contributed by atoms with van der Waals surface area (Å²) in [5.74, 6) is -4.14. The lowest BCUT2D eigenvalue weighted by Crippen LogP contribution is -1.96. The highest BCUT2D eigenvalue weighted by atomic mass is 79.9. The largest absolute Gasteiger partial charge is 0.227 e. The minimum Gasteiger partial charge on any atom is -0.227 e. The molecule has 0 saturated heterocycles. The summed E-state index contributed by atoms with van der Waals surface area (Å²) in [4.78, 5) is 8.22. The molecule has 0 unspecified atom stereocenters. The SMILES string of the molecule is Fc1cc(-c2nc(Cl)c3cccc(Br)c3n2)cc(F)c1F. The molecule has 7 heteroatoms. The van der Waals surface area contributed by atoms with Crippen molar-refractivity contribution in [3.63, 3.8) is 0 Å². The molecule has 0 saturated carbocycles. The van der Waals surface area contributed by atoms with Crippen LogP contribution < -0.4 is 0 Å². The van der Waals surface area contributed by atoms with E-state index in [1.54, 1.807) is 18.2 Å². The van der Waals surface area contributed by atoms with Crippen LogP contribution in [0.15, 0.2) is 34.8 Å². The molecule has 2 nitrogen and oxygen atoms in total. The van der Waals surface area contributed by atoms with Gasteiger partial charge in [0.05, 0.1) is 5.52 Å². The lowest BCUT2D eigenvalue weighted by molar-refractivity contribution is 0.447. The first-order chi connectivity index (χ1) is 9.97. The summed E-state index contributed by atoms with van der Waals surface area (Å²) >= 11 is 9.38. The number of benzene rings is 2. The third kappa shape index (κ3) is 2.49. The zero-order chi connectivity index (χ0) is 15.1. The molecule has 0 fully saturated rings. The second kappa shape index (κ2) is 5.27. The van der Waals surface area contributed by atoms with Gasteiger partial charge in [0, 0.05) is 15.4 Å². The Hall–Kier alpha value is -1.66. The quantitative estimate of drug-likeness (QED) is 0.436. The molecule has 0 spiro atoms. The fourth-order valence-electron chi connectivity index (χ4n) is 1.89. The average Bonchev–Trinajstić information content (AvgIpc) is 2.45. The number of halogens is 5. The zero-order valence-electron chi connectivity index (χ0n) is 10.2. The van der Waals surface area contributed by atoms with E-state index >= 15 is 0 Å². The van der Waals surface area contributed by atoms with E-state index < -0.39 is 17.5 Å². The molecule has 0 N–H and O–H groups in total. The van der Waals surface area contributed by atoms with Gasteiger partial charge in [-0.3, -0.25) is 0 Å². The van der Waals surface area contributed by atoms with Crippen LogP contribution in [-0.4, -0.2) is 9.97 Å². The first kappa shape index (κ1) is 14.3. The Morgan fingerprint density at radius 2 is 1.67 bits per heavy atom. The van der Waals surface area contributed by atoms with Gasteiger partial charge in [0.2, 0.25) is 0 Å². The topological polar surface area (TPSA) is 25.8 Å². The smallest absolute Gasteiger partial charge is 0.194 e. The standard InChI is InChI=1S/C14H5BrClF3N2/c15-8-3-1-2-7-12(8)20-14(21-13(7)16)6-4-9(17)11(19)10(18)5-6/h1-5H. The summed E-state index contributed by atoms with van der Waals surface area (Å²) in [5, 5.41) is 0.735. The highest BCUT2D eigenvalue weighted by molar-refractivity contribution is 9.10. The predicted molar refractivity (Wildman–Crippen MR) is 77.6 cm³/mol. The highest BCUT2D eigenvalue weighted by Crippen LogP contribution is 2.30. The molecule has 0 aliphatic rings. The fraction of sp³-hybridized carbons (Fsp3) is 0. The van der Waals surface area contributed by atoms with Crippen molar-refractivity contribution in [1.29, 1.82) is 0 Å². The summed E-state index contributed by atoms with van der Waals surface area (Å²) in [7, 11) is 0. The maximum atomic E-state index is 13.3. The Labute approximate surface area is 130 Å². The van der Waals surface area contributed by atoms with Crippen LogP contribution in [0.4, 0.5) is 13.2 Å². The summed E-state index contributed by atoms with van der Waals surface area (Å²) in [5.41, 5.74) is 0.503. The van der Waals surface area contributed by atoms with Crippen molar-refractivity contribution in [3.05, 3.63) is 57.4 Å². The van der Waals surface area contributed by atoms with E-state index in [2.05, 4.69) is 25.9 Å². The van der Waals surface area contributed by atoms with Crippen LogP contribution in [0, 0.1) is 17.5 Å². The van der Waals surface area contributed by atoms with Crippen molar-refractivity contribution < 1.29 is 13.2 Å².